The number of aldehydes is 1. The highest BCUT2D eigenvalue weighted by molar-refractivity contribution is 14.1. The Labute approximate surface area is 239 Å². The van der Waals surface area contributed by atoms with E-state index in [2.05, 4.69) is 12.2 Å². The average molecular weight is 645 g/mol. The van der Waals surface area contributed by atoms with E-state index in [1.54, 1.807) is 23.1 Å². The van der Waals surface area contributed by atoms with Crippen molar-refractivity contribution in [3.8, 4) is 11.5 Å². The molecule has 38 heavy (non-hydrogen) atoms. The number of ether oxygens (including phenoxy) is 2. The number of nitrogens with zero attached hydrogens (tertiary/aromatic N) is 1. The van der Waals surface area contributed by atoms with Gasteiger partial charge in [-0.15, -0.1) is 0 Å². The molecule has 0 aromatic heterocycles. The topological polar surface area (TPSA) is 125 Å². The monoisotopic (exact) mass is 644 g/mol. The van der Waals surface area contributed by atoms with Crippen LogP contribution in [0.3, 0.4) is 0 Å². The zero-order valence-corrected chi connectivity index (χ0v) is 24.7. The fraction of sp³-hybridized carbons (Fsp3) is 0.607. The van der Waals surface area contributed by atoms with Crippen molar-refractivity contribution in [2.45, 2.75) is 83.5 Å². The molecular formula is C28H41IN2O7. The molecule has 0 saturated heterocycles. The van der Waals surface area contributed by atoms with Crippen molar-refractivity contribution in [1.29, 1.82) is 0 Å². The van der Waals surface area contributed by atoms with Crippen molar-refractivity contribution in [2.24, 2.45) is 0 Å². The molecule has 3 unspecified atom stereocenters. The summed E-state index contributed by atoms with van der Waals surface area (Å²) in [5.74, 6) is 0.227. The Morgan fingerprint density at radius 3 is 2.55 bits per heavy atom. The average Bonchev–Trinajstić information content (AvgIpc) is 2.92. The summed E-state index contributed by atoms with van der Waals surface area (Å²) in [5, 5.41) is 23.4. The quantitative estimate of drug-likeness (QED) is 0.143. The summed E-state index contributed by atoms with van der Waals surface area (Å²) in [7, 11) is 1.46. The summed E-state index contributed by atoms with van der Waals surface area (Å²) in [5.41, 5.74) is 0.791. The number of hydrogen-bond donors (Lipinski definition) is 3. The van der Waals surface area contributed by atoms with Crippen molar-refractivity contribution in [3.05, 3.63) is 32.9 Å². The van der Waals surface area contributed by atoms with Crippen LogP contribution in [-0.4, -0.2) is 78.3 Å². The van der Waals surface area contributed by atoms with Gasteiger partial charge in [-0.25, -0.2) is 0 Å². The van der Waals surface area contributed by atoms with Crippen LogP contribution in [-0.2, 0) is 9.59 Å². The van der Waals surface area contributed by atoms with E-state index in [1.807, 2.05) is 29.5 Å². The smallest absolute Gasteiger partial charge is 0.247 e. The summed E-state index contributed by atoms with van der Waals surface area (Å²) < 4.78 is 12.3. The second-order valence-electron chi connectivity index (χ2n) is 9.42. The standard InChI is InChI=1S/C28H41IN2O7/c1-4-6-8-9-12-31(25(34)10-7-5-2)22-16-20(28(36)30-11-13-32)17-23(26(22)35)38-27-21(29)14-19(18-33)15-24(27)37-3/h14-15,17-18,22-23,26,32,35H,4-13,16H2,1-3H3,(H,30,36). The van der Waals surface area contributed by atoms with Crippen molar-refractivity contribution in [3.63, 3.8) is 0 Å². The van der Waals surface area contributed by atoms with E-state index in [4.69, 9.17) is 9.47 Å². The van der Waals surface area contributed by atoms with Crippen molar-refractivity contribution in [1.82, 2.24) is 10.2 Å². The van der Waals surface area contributed by atoms with E-state index >= 15 is 0 Å². The van der Waals surface area contributed by atoms with Crippen LogP contribution in [0, 0.1) is 3.57 Å². The second kappa shape index (κ2) is 16.7. The molecule has 0 spiro atoms. The van der Waals surface area contributed by atoms with Gasteiger partial charge in [-0.1, -0.05) is 39.5 Å². The number of nitrogens with one attached hydrogen (secondary N) is 1. The zero-order valence-electron chi connectivity index (χ0n) is 22.6. The molecule has 1 aromatic carbocycles. The van der Waals surface area contributed by atoms with E-state index in [1.165, 1.54) is 7.11 Å². The highest BCUT2D eigenvalue weighted by Gasteiger charge is 2.40. The predicted octanol–water partition coefficient (Wildman–Crippen LogP) is 3.63. The van der Waals surface area contributed by atoms with Crippen LogP contribution in [0.1, 0.15) is 75.6 Å². The maximum Gasteiger partial charge on any atom is 0.247 e. The summed E-state index contributed by atoms with van der Waals surface area (Å²) in [6.45, 7) is 4.51. The minimum absolute atomic E-state index is 0.0503. The minimum atomic E-state index is -1.10. The molecule has 9 nitrogen and oxygen atoms in total. The molecule has 1 aliphatic rings. The van der Waals surface area contributed by atoms with Gasteiger partial charge in [0.2, 0.25) is 11.8 Å². The number of unbranched alkanes of at least 4 members (excludes halogenated alkanes) is 4. The van der Waals surface area contributed by atoms with Gasteiger partial charge in [-0.05, 0) is 53.6 Å². The van der Waals surface area contributed by atoms with Crippen LogP contribution < -0.4 is 14.8 Å². The number of carbonyl (C=O) groups excluding carboxylic acids is 3. The molecule has 3 N–H and O–H groups in total. The maximum absolute atomic E-state index is 13.3. The molecule has 1 aliphatic carbocycles. The highest BCUT2D eigenvalue weighted by atomic mass is 127. The van der Waals surface area contributed by atoms with E-state index in [0.717, 1.165) is 38.5 Å². The number of aliphatic hydroxyl groups is 2. The third-order valence-corrected chi connectivity index (χ3v) is 7.37. The number of amides is 2. The Balaban J connectivity index is 2.46. The van der Waals surface area contributed by atoms with Crippen LogP contribution in [0.2, 0.25) is 0 Å². The lowest BCUT2D eigenvalue weighted by Gasteiger charge is -2.41. The number of benzene rings is 1. The third-order valence-electron chi connectivity index (χ3n) is 6.57. The van der Waals surface area contributed by atoms with Crippen LogP contribution in [0.5, 0.6) is 11.5 Å². The van der Waals surface area contributed by atoms with Gasteiger partial charge in [0.15, 0.2) is 11.5 Å². The second-order valence-corrected chi connectivity index (χ2v) is 10.6. The van der Waals surface area contributed by atoms with Crippen molar-refractivity contribution in [2.75, 3.05) is 26.8 Å². The first-order valence-electron chi connectivity index (χ1n) is 13.4. The zero-order chi connectivity index (χ0) is 28.1. The number of carbonyl (C=O) groups is 3. The summed E-state index contributed by atoms with van der Waals surface area (Å²) in [6.07, 6.45) is 6.26. The Hall–Kier alpha value is -2.18. The van der Waals surface area contributed by atoms with Gasteiger partial charge in [0, 0.05) is 37.1 Å². The van der Waals surface area contributed by atoms with Crippen LogP contribution in [0.15, 0.2) is 23.8 Å². The summed E-state index contributed by atoms with van der Waals surface area (Å²) >= 11 is 2.03. The van der Waals surface area contributed by atoms with E-state index in [-0.39, 0.29) is 31.4 Å². The van der Waals surface area contributed by atoms with Gasteiger partial charge in [0.05, 0.1) is 23.3 Å². The minimum Gasteiger partial charge on any atom is -0.493 e. The van der Waals surface area contributed by atoms with E-state index < -0.39 is 18.2 Å². The molecule has 1 aromatic rings. The van der Waals surface area contributed by atoms with Gasteiger partial charge in [-0.2, -0.15) is 0 Å². The third kappa shape index (κ3) is 8.94. The molecule has 0 heterocycles. The lowest BCUT2D eigenvalue weighted by molar-refractivity contribution is -0.138. The van der Waals surface area contributed by atoms with E-state index in [0.29, 0.717) is 45.5 Å². The first kappa shape index (κ1) is 32.0. The largest absolute Gasteiger partial charge is 0.493 e. The molecule has 2 amide bonds. The SMILES string of the molecule is CCCCCCN(C(=O)CCCC)C1CC(C(=O)NCCO)=CC(Oc2c(I)cc(C=O)cc2OC)C1O. The Kier molecular flexibility index (Phi) is 14.1. The molecular weight excluding hydrogens is 603 g/mol. The van der Waals surface area contributed by atoms with Gasteiger partial charge in [0.1, 0.15) is 18.5 Å². The van der Waals surface area contributed by atoms with Gasteiger partial charge < -0.3 is 29.9 Å². The molecule has 0 fully saturated rings. The molecule has 3 atom stereocenters. The fourth-order valence-electron chi connectivity index (χ4n) is 4.49. The summed E-state index contributed by atoms with van der Waals surface area (Å²) in [4.78, 5) is 39.3. The van der Waals surface area contributed by atoms with Crippen LogP contribution >= 0.6 is 22.6 Å². The Morgan fingerprint density at radius 1 is 1.18 bits per heavy atom. The van der Waals surface area contributed by atoms with Crippen molar-refractivity contribution >= 4 is 40.7 Å². The molecule has 0 saturated carbocycles. The normalized spacial score (nSPS) is 18.9. The van der Waals surface area contributed by atoms with Crippen molar-refractivity contribution < 1.29 is 34.1 Å². The number of halogens is 1. The fourth-order valence-corrected chi connectivity index (χ4v) is 5.25. The molecule has 212 valence electrons. The van der Waals surface area contributed by atoms with Gasteiger partial charge in [-0.3, -0.25) is 14.4 Å². The number of hydrogen-bond acceptors (Lipinski definition) is 7. The lowest BCUT2D eigenvalue weighted by atomic mass is 9.87. The molecule has 0 aliphatic heterocycles. The molecule has 0 bridgehead atoms. The van der Waals surface area contributed by atoms with Crippen LogP contribution in [0.25, 0.3) is 0 Å². The molecule has 2 rings (SSSR count). The number of methoxy groups -OCH3 is 1. The Morgan fingerprint density at radius 2 is 1.92 bits per heavy atom. The summed E-state index contributed by atoms with van der Waals surface area (Å²) in [6, 6.07) is 2.53. The number of rotatable bonds is 16. The lowest BCUT2D eigenvalue weighted by Crippen LogP contribution is -2.55. The van der Waals surface area contributed by atoms with Crippen LogP contribution in [0.4, 0.5) is 0 Å². The van der Waals surface area contributed by atoms with Gasteiger partial charge >= 0.3 is 0 Å². The van der Waals surface area contributed by atoms with E-state index in [9.17, 15) is 24.6 Å². The number of aliphatic hydroxyl groups excluding tert-OH is 2. The molecule has 0 radical (unpaired) electrons. The maximum atomic E-state index is 13.3. The molecule has 10 heteroatoms. The first-order valence-corrected chi connectivity index (χ1v) is 14.5. The first-order chi connectivity index (χ1) is 18.3. The van der Waals surface area contributed by atoms with Gasteiger partial charge in [0.25, 0.3) is 0 Å². The predicted molar refractivity (Wildman–Crippen MR) is 153 cm³/mol. The highest BCUT2D eigenvalue weighted by Crippen LogP contribution is 2.37. The Bertz CT molecular complexity index is 969.